The van der Waals surface area contributed by atoms with E-state index in [2.05, 4.69) is 9.97 Å². The van der Waals surface area contributed by atoms with Gasteiger partial charge in [0.2, 0.25) is 11.8 Å². The number of hydrogen-bond donors (Lipinski definition) is 2. The maximum absolute atomic E-state index is 10.4. The van der Waals surface area contributed by atoms with E-state index < -0.39 is 5.91 Å². The van der Waals surface area contributed by atoms with Crippen LogP contribution in [0.1, 0.15) is 15.9 Å². The quantitative estimate of drug-likeness (QED) is 0.823. The first-order valence-electron chi connectivity index (χ1n) is 5.46. The molecule has 0 saturated carbocycles. The molecule has 0 aromatic carbocycles. The fourth-order valence-electron chi connectivity index (χ4n) is 1.21. The van der Waals surface area contributed by atoms with Crippen molar-refractivity contribution in [2.24, 2.45) is 11.5 Å². The van der Waals surface area contributed by atoms with Gasteiger partial charge in [-0.05, 0) is 23.8 Å². The summed E-state index contributed by atoms with van der Waals surface area (Å²) in [6.07, 6.45) is 6.58. The molecule has 0 aliphatic rings. The number of rotatable bonds is 3. The fraction of sp³-hybridized carbons (Fsp3) is 0.0769. The van der Waals surface area contributed by atoms with E-state index in [1.807, 2.05) is 6.07 Å². The van der Waals surface area contributed by atoms with Crippen molar-refractivity contribution >= 4 is 11.8 Å². The van der Waals surface area contributed by atoms with Crippen LogP contribution in [0.5, 0.6) is 0 Å². The van der Waals surface area contributed by atoms with E-state index in [9.17, 15) is 9.59 Å². The van der Waals surface area contributed by atoms with E-state index in [1.165, 1.54) is 6.20 Å². The van der Waals surface area contributed by atoms with Gasteiger partial charge in [0.05, 0.1) is 12.0 Å². The number of aromatic nitrogens is 2. The topological polar surface area (TPSA) is 112 Å². The molecule has 2 amide bonds. The van der Waals surface area contributed by atoms with Crippen molar-refractivity contribution < 1.29 is 9.59 Å². The summed E-state index contributed by atoms with van der Waals surface area (Å²) in [7, 11) is 0. The number of primary amides is 2. The van der Waals surface area contributed by atoms with Gasteiger partial charge in [0, 0.05) is 24.8 Å². The van der Waals surface area contributed by atoms with Crippen LogP contribution in [0.3, 0.4) is 0 Å². The highest BCUT2D eigenvalue weighted by molar-refractivity contribution is 5.92. The van der Waals surface area contributed by atoms with Crippen LogP contribution in [0, 0.1) is 0 Å². The monoisotopic (exact) mass is 258 g/mol. The first kappa shape index (κ1) is 14.3. The number of nitrogens with two attached hydrogens (primary N) is 2. The SMILES string of the molecule is NC(=O)Cc1cccnc1.NC(=O)c1cccnc1. The molecular formula is C13H14N4O2. The molecule has 2 aromatic heterocycles. The van der Waals surface area contributed by atoms with Crippen molar-refractivity contribution in [3.8, 4) is 0 Å². The van der Waals surface area contributed by atoms with E-state index in [1.54, 1.807) is 36.8 Å². The summed E-state index contributed by atoms with van der Waals surface area (Å²) in [6.45, 7) is 0. The number of nitrogens with zero attached hydrogens (tertiary/aromatic N) is 2. The number of hydrogen-bond acceptors (Lipinski definition) is 4. The molecule has 4 N–H and O–H groups in total. The van der Waals surface area contributed by atoms with Crippen molar-refractivity contribution in [1.82, 2.24) is 9.97 Å². The second-order valence-electron chi connectivity index (χ2n) is 3.61. The predicted molar refractivity (Wildman–Crippen MR) is 69.9 cm³/mol. The van der Waals surface area contributed by atoms with Crippen molar-refractivity contribution in [1.29, 1.82) is 0 Å². The Morgan fingerprint density at radius 3 is 2.00 bits per heavy atom. The highest BCUT2D eigenvalue weighted by atomic mass is 16.1. The average molecular weight is 258 g/mol. The number of carbonyl (C=O) groups is 2. The van der Waals surface area contributed by atoms with Crippen LogP contribution in [0.25, 0.3) is 0 Å². The highest BCUT2D eigenvalue weighted by Crippen LogP contribution is 1.94. The van der Waals surface area contributed by atoms with Crippen LogP contribution in [0.2, 0.25) is 0 Å². The Kier molecular flexibility index (Phi) is 5.68. The summed E-state index contributed by atoms with van der Waals surface area (Å²) in [5, 5.41) is 0. The van der Waals surface area contributed by atoms with Crippen LogP contribution < -0.4 is 11.5 Å². The van der Waals surface area contributed by atoms with Gasteiger partial charge in [0.1, 0.15) is 0 Å². The molecule has 6 nitrogen and oxygen atoms in total. The van der Waals surface area contributed by atoms with E-state index in [0.717, 1.165) is 5.56 Å². The van der Waals surface area contributed by atoms with Gasteiger partial charge in [-0.3, -0.25) is 19.6 Å². The molecule has 98 valence electrons. The van der Waals surface area contributed by atoms with Crippen molar-refractivity contribution in [2.45, 2.75) is 6.42 Å². The maximum Gasteiger partial charge on any atom is 0.250 e. The molecule has 0 spiro atoms. The van der Waals surface area contributed by atoms with Gasteiger partial charge in [0.25, 0.3) is 0 Å². The highest BCUT2D eigenvalue weighted by Gasteiger charge is 1.95. The minimum Gasteiger partial charge on any atom is -0.369 e. The van der Waals surface area contributed by atoms with Crippen LogP contribution in [-0.2, 0) is 11.2 Å². The minimum atomic E-state index is -0.442. The predicted octanol–water partition coefficient (Wildman–Crippen LogP) is 0.290. The summed E-state index contributed by atoms with van der Waals surface area (Å²) in [5.41, 5.74) is 11.2. The Morgan fingerprint density at radius 2 is 1.63 bits per heavy atom. The van der Waals surface area contributed by atoms with E-state index in [0.29, 0.717) is 5.56 Å². The molecule has 0 aliphatic heterocycles. The molecule has 0 fully saturated rings. The van der Waals surface area contributed by atoms with Crippen LogP contribution in [-0.4, -0.2) is 21.8 Å². The molecule has 0 saturated heterocycles. The van der Waals surface area contributed by atoms with Crippen molar-refractivity contribution in [3.63, 3.8) is 0 Å². The van der Waals surface area contributed by atoms with Gasteiger partial charge in [-0.2, -0.15) is 0 Å². The summed E-state index contributed by atoms with van der Waals surface area (Å²) < 4.78 is 0. The van der Waals surface area contributed by atoms with Crippen molar-refractivity contribution in [2.75, 3.05) is 0 Å². The molecule has 0 radical (unpaired) electrons. The zero-order valence-corrected chi connectivity index (χ0v) is 10.2. The summed E-state index contributed by atoms with van der Waals surface area (Å²) in [5.74, 6) is -0.767. The third-order valence-corrected chi connectivity index (χ3v) is 2.05. The molecule has 2 rings (SSSR count). The van der Waals surface area contributed by atoms with E-state index in [-0.39, 0.29) is 12.3 Å². The molecule has 2 aromatic rings. The third kappa shape index (κ3) is 5.92. The Labute approximate surface area is 110 Å². The zero-order valence-electron chi connectivity index (χ0n) is 10.2. The second-order valence-corrected chi connectivity index (χ2v) is 3.61. The molecule has 0 atom stereocenters. The Bertz CT molecular complexity index is 529. The number of pyridine rings is 2. The zero-order chi connectivity index (χ0) is 14.1. The van der Waals surface area contributed by atoms with Crippen LogP contribution >= 0.6 is 0 Å². The van der Waals surface area contributed by atoms with E-state index >= 15 is 0 Å². The molecule has 0 aliphatic carbocycles. The molecule has 0 unspecified atom stereocenters. The normalized spacial score (nSPS) is 9.05. The fourth-order valence-corrected chi connectivity index (χ4v) is 1.21. The van der Waals surface area contributed by atoms with Gasteiger partial charge in [0.15, 0.2) is 0 Å². The van der Waals surface area contributed by atoms with Gasteiger partial charge in [-0.15, -0.1) is 0 Å². The summed E-state index contributed by atoms with van der Waals surface area (Å²) in [4.78, 5) is 28.3. The van der Waals surface area contributed by atoms with Crippen molar-refractivity contribution in [3.05, 3.63) is 60.2 Å². The smallest absolute Gasteiger partial charge is 0.250 e. The standard InChI is InChI=1S/C7H8N2O.C6H6N2O/c8-7(10)4-6-2-1-3-9-5-6;7-6(9)5-2-1-3-8-4-5/h1-3,5H,4H2,(H2,8,10);1-4H,(H2,7,9). The Balaban J connectivity index is 0.000000191. The van der Waals surface area contributed by atoms with E-state index in [4.69, 9.17) is 11.5 Å². The van der Waals surface area contributed by atoms with Gasteiger partial charge < -0.3 is 11.5 Å². The molecule has 2 heterocycles. The third-order valence-electron chi connectivity index (χ3n) is 2.05. The molecule has 19 heavy (non-hydrogen) atoms. The first-order valence-corrected chi connectivity index (χ1v) is 5.46. The minimum absolute atomic E-state index is 0.272. The second kappa shape index (κ2) is 7.54. The van der Waals surface area contributed by atoms with Crippen LogP contribution in [0.15, 0.2) is 49.1 Å². The lowest BCUT2D eigenvalue weighted by molar-refractivity contribution is -0.117. The lowest BCUT2D eigenvalue weighted by atomic mass is 10.2. The lowest BCUT2D eigenvalue weighted by Crippen LogP contribution is -2.13. The molecule has 0 bridgehead atoms. The van der Waals surface area contributed by atoms with Crippen LogP contribution in [0.4, 0.5) is 0 Å². The Morgan fingerprint density at radius 1 is 1.00 bits per heavy atom. The average Bonchev–Trinajstić information content (AvgIpc) is 2.41. The summed E-state index contributed by atoms with van der Waals surface area (Å²) in [6, 6.07) is 6.88. The molecule has 6 heteroatoms. The number of amides is 2. The maximum atomic E-state index is 10.4. The van der Waals surface area contributed by atoms with Gasteiger partial charge >= 0.3 is 0 Å². The lowest BCUT2D eigenvalue weighted by Gasteiger charge is -1.92. The Hall–Kier alpha value is -2.76. The molecular weight excluding hydrogens is 244 g/mol. The summed E-state index contributed by atoms with van der Waals surface area (Å²) >= 11 is 0. The van der Waals surface area contributed by atoms with Gasteiger partial charge in [-0.25, -0.2) is 0 Å². The number of carbonyl (C=O) groups excluding carboxylic acids is 2. The first-order chi connectivity index (χ1) is 9.09. The largest absolute Gasteiger partial charge is 0.369 e. The van der Waals surface area contributed by atoms with Gasteiger partial charge in [-0.1, -0.05) is 6.07 Å².